The molecular formula is C29H27F3N4O3. The van der Waals surface area contributed by atoms with Crippen LogP contribution in [0.5, 0.6) is 5.75 Å². The molecule has 39 heavy (non-hydrogen) atoms. The van der Waals surface area contributed by atoms with Crippen molar-refractivity contribution in [3.8, 4) is 5.75 Å². The third kappa shape index (κ3) is 6.77. The zero-order valence-electron chi connectivity index (χ0n) is 21.0. The number of nitrogens with one attached hydrogen (secondary N) is 1. The number of alkyl halides is 3. The van der Waals surface area contributed by atoms with E-state index in [1.165, 1.54) is 30.1 Å². The lowest BCUT2D eigenvalue weighted by Crippen LogP contribution is -2.47. The quantitative estimate of drug-likeness (QED) is 0.283. The number of hydrogen-bond donors (Lipinski definition) is 1. The molecule has 1 fully saturated rings. The van der Waals surface area contributed by atoms with Crippen molar-refractivity contribution in [2.75, 3.05) is 49.5 Å². The van der Waals surface area contributed by atoms with Gasteiger partial charge in [-0.05, 0) is 42.5 Å². The van der Waals surface area contributed by atoms with Gasteiger partial charge in [-0.25, -0.2) is 4.79 Å². The molecule has 1 aliphatic heterocycles. The Hall–Kier alpha value is -4.31. The summed E-state index contributed by atoms with van der Waals surface area (Å²) >= 11 is 0. The van der Waals surface area contributed by atoms with Gasteiger partial charge in [0.15, 0.2) is 0 Å². The summed E-state index contributed by atoms with van der Waals surface area (Å²) in [6.07, 6.45) is -3.32. The number of benzene rings is 3. The topological polar surface area (TPSA) is 66.9 Å². The first-order valence-corrected chi connectivity index (χ1v) is 12.6. The molecule has 0 saturated carbocycles. The highest BCUT2D eigenvalue weighted by molar-refractivity contribution is 5.99. The van der Waals surface area contributed by atoms with Gasteiger partial charge in [0.1, 0.15) is 12.4 Å². The second kappa shape index (κ2) is 11.6. The molecule has 0 radical (unpaired) electrons. The number of halogens is 3. The summed E-state index contributed by atoms with van der Waals surface area (Å²) in [4.78, 5) is 21.7. The lowest BCUT2D eigenvalue weighted by molar-refractivity contribution is -0.274. The molecule has 0 aliphatic carbocycles. The summed E-state index contributed by atoms with van der Waals surface area (Å²) in [6, 6.07) is 22.9. The molecular weight excluding hydrogens is 509 g/mol. The molecule has 2 heterocycles. The third-order valence-corrected chi connectivity index (χ3v) is 6.50. The van der Waals surface area contributed by atoms with Crippen molar-refractivity contribution < 1.29 is 27.4 Å². The predicted octanol–water partition coefficient (Wildman–Crippen LogP) is 5.86. The molecule has 3 aromatic carbocycles. The van der Waals surface area contributed by atoms with Crippen molar-refractivity contribution in [3.63, 3.8) is 0 Å². The van der Waals surface area contributed by atoms with E-state index < -0.39 is 12.3 Å². The molecule has 10 heteroatoms. The summed E-state index contributed by atoms with van der Waals surface area (Å²) in [5.41, 5.74) is 2.98. The standard InChI is InChI=1S/C29H27F3N4O3/c30-29(31,32)39-22-10-11-23-26(12-13-33-27(23)20-22)34-25-9-5-4-8-24(25)28(37)38-19-18-35-14-16-36(17-15-35)21-6-2-1-3-7-21/h1-13,20H,14-19H2,(H,33,34). The number of fused-ring (bicyclic) bond motifs is 1. The molecule has 202 valence electrons. The fraction of sp³-hybridized carbons (Fsp3) is 0.241. The molecule has 7 nitrogen and oxygen atoms in total. The van der Waals surface area contributed by atoms with E-state index in [2.05, 4.69) is 37.0 Å². The molecule has 0 atom stereocenters. The van der Waals surface area contributed by atoms with Gasteiger partial charge in [-0.3, -0.25) is 9.88 Å². The Labute approximate surface area is 223 Å². The fourth-order valence-corrected chi connectivity index (χ4v) is 4.56. The maximum atomic E-state index is 13.0. The number of nitrogens with zero attached hydrogens (tertiary/aromatic N) is 3. The molecule has 0 bridgehead atoms. The minimum Gasteiger partial charge on any atom is -0.461 e. The third-order valence-electron chi connectivity index (χ3n) is 6.50. The molecule has 5 rings (SSSR count). The van der Waals surface area contributed by atoms with Gasteiger partial charge >= 0.3 is 12.3 Å². The molecule has 0 spiro atoms. The lowest BCUT2D eigenvalue weighted by atomic mass is 10.1. The molecule has 1 aliphatic rings. The van der Waals surface area contributed by atoms with Crippen molar-refractivity contribution in [2.24, 2.45) is 0 Å². The number of hydrogen-bond acceptors (Lipinski definition) is 7. The first-order valence-electron chi connectivity index (χ1n) is 12.6. The van der Waals surface area contributed by atoms with Crippen molar-refractivity contribution >= 4 is 33.9 Å². The Kier molecular flexibility index (Phi) is 7.83. The summed E-state index contributed by atoms with van der Waals surface area (Å²) in [7, 11) is 0. The van der Waals surface area contributed by atoms with Crippen molar-refractivity contribution in [1.82, 2.24) is 9.88 Å². The highest BCUT2D eigenvalue weighted by Crippen LogP contribution is 2.31. The largest absolute Gasteiger partial charge is 0.573 e. The number of pyridine rings is 1. The van der Waals surface area contributed by atoms with Crippen LogP contribution in [-0.2, 0) is 4.74 Å². The number of para-hydroxylation sites is 2. The highest BCUT2D eigenvalue weighted by atomic mass is 19.4. The van der Waals surface area contributed by atoms with E-state index in [0.717, 1.165) is 26.2 Å². The predicted molar refractivity (Wildman–Crippen MR) is 144 cm³/mol. The summed E-state index contributed by atoms with van der Waals surface area (Å²) in [6.45, 7) is 4.49. The number of esters is 1. The van der Waals surface area contributed by atoms with Crippen molar-refractivity contribution in [1.29, 1.82) is 0 Å². The molecule has 4 aromatic rings. The average Bonchev–Trinajstić information content (AvgIpc) is 2.93. The van der Waals surface area contributed by atoms with Gasteiger partial charge in [0.2, 0.25) is 0 Å². The van der Waals surface area contributed by atoms with Gasteiger partial charge in [-0.1, -0.05) is 30.3 Å². The van der Waals surface area contributed by atoms with Crippen LogP contribution in [0.3, 0.4) is 0 Å². The number of ether oxygens (including phenoxy) is 2. The first-order chi connectivity index (χ1) is 18.9. The minimum atomic E-state index is -4.79. The van der Waals surface area contributed by atoms with Gasteiger partial charge < -0.3 is 19.7 Å². The van der Waals surface area contributed by atoms with Crippen LogP contribution in [0.25, 0.3) is 10.9 Å². The molecule has 1 saturated heterocycles. The van der Waals surface area contributed by atoms with Crippen LogP contribution in [0, 0.1) is 0 Å². The van der Waals surface area contributed by atoms with E-state index >= 15 is 0 Å². The maximum Gasteiger partial charge on any atom is 0.573 e. The normalized spacial score (nSPS) is 14.3. The van der Waals surface area contributed by atoms with Gasteiger partial charge in [0.05, 0.1) is 16.8 Å². The van der Waals surface area contributed by atoms with E-state index in [9.17, 15) is 18.0 Å². The van der Waals surface area contributed by atoms with Gasteiger partial charge in [-0.2, -0.15) is 0 Å². The Morgan fingerprint density at radius 3 is 2.41 bits per heavy atom. The zero-order chi connectivity index (χ0) is 27.2. The first kappa shape index (κ1) is 26.3. The van der Waals surface area contributed by atoms with E-state index in [1.54, 1.807) is 30.3 Å². The zero-order valence-corrected chi connectivity index (χ0v) is 21.0. The second-order valence-corrected chi connectivity index (χ2v) is 9.06. The van der Waals surface area contributed by atoms with E-state index in [4.69, 9.17) is 4.74 Å². The molecule has 0 unspecified atom stereocenters. The number of rotatable bonds is 8. The van der Waals surface area contributed by atoms with Crippen LogP contribution in [0.1, 0.15) is 10.4 Å². The van der Waals surface area contributed by atoms with E-state index in [-0.39, 0.29) is 12.4 Å². The maximum absolute atomic E-state index is 13.0. The SMILES string of the molecule is O=C(OCCN1CCN(c2ccccc2)CC1)c1ccccc1Nc1ccnc2cc(OC(F)(F)F)ccc12. The van der Waals surface area contributed by atoms with Crippen LogP contribution in [0.15, 0.2) is 85.1 Å². The number of aromatic nitrogens is 1. The number of carbonyl (C=O) groups excluding carboxylic acids is 1. The summed E-state index contributed by atoms with van der Waals surface area (Å²) in [5, 5.41) is 3.78. The van der Waals surface area contributed by atoms with Crippen LogP contribution in [0.2, 0.25) is 0 Å². The Balaban J connectivity index is 1.19. The monoisotopic (exact) mass is 536 g/mol. The molecule has 1 N–H and O–H groups in total. The minimum absolute atomic E-state index is 0.263. The van der Waals surface area contributed by atoms with Crippen molar-refractivity contribution in [3.05, 3.63) is 90.6 Å². The fourth-order valence-electron chi connectivity index (χ4n) is 4.56. The lowest BCUT2D eigenvalue weighted by Gasteiger charge is -2.35. The number of piperazine rings is 1. The highest BCUT2D eigenvalue weighted by Gasteiger charge is 2.31. The van der Waals surface area contributed by atoms with Crippen molar-refractivity contribution in [2.45, 2.75) is 6.36 Å². The van der Waals surface area contributed by atoms with Crippen LogP contribution in [0.4, 0.5) is 30.2 Å². The Morgan fingerprint density at radius 2 is 1.64 bits per heavy atom. The Morgan fingerprint density at radius 1 is 0.897 bits per heavy atom. The van der Waals surface area contributed by atoms with Crippen LogP contribution < -0.4 is 15.0 Å². The van der Waals surface area contributed by atoms with E-state index in [1.807, 2.05) is 18.2 Å². The average molecular weight is 537 g/mol. The van der Waals surface area contributed by atoms with E-state index in [0.29, 0.717) is 34.4 Å². The molecule has 0 amide bonds. The van der Waals surface area contributed by atoms with Gasteiger partial charge in [-0.15, -0.1) is 13.2 Å². The molecule has 1 aromatic heterocycles. The van der Waals surface area contributed by atoms with Gasteiger partial charge in [0, 0.05) is 61.7 Å². The summed E-state index contributed by atoms with van der Waals surface area (Å²) in [5.74, 6) is -0.814. The van der Waals surface area contributed by atoms with Crippen LogP contribution in [-0.4, -0.2) is 61.5 Å². The smallest absolute Gasteiger partial charge is 0.461 e. The second-order valence-electron chi connectivity index (χ2n) is 9.06. The number of anilines is 3. The Bertz CT molecular complexity index is 1420. The van der Waals surface area contributed by atoms with Crippen LogP contribution >= 0.6 is 0 Å². The van der Waals surface area contributed by atoms with Gasteiger partial charge in [0.25, 0.3) is 0 Å². The summed E-state index contributed by atoms with van der Waals surface area (Å²) < 4.78 is 47.4. The number of carbonyl (C=O) groups is 1.